The van der Waals surface area contributed by atoms with Crippen LogP contribution in [0.25, 0.3) is 0 Å². The van der Waals surface area contributed by atoms with Crippen LogP contribution in [-0.2, 0) is 20.9 Å². The molecule has 0 heterocycles. The number of Topliss-reactive ketones (excluding diaryl/α,β-unsaturated/α-hetero) is 1. The number of rotatable bonds is 10. The van der Waals surface area contributed by atoms with E-state index in [4.69, 9.17) is 4.74 Å². The quantitative estimate of drug-likeness (QED) is 0.492. The maximum Gasteiger partial charge on any atom is 0.330 e. The summed E-state index contributed by atoms with van der Waals surface area (Å²) in [4.78, 5) is 24.6. The Labute approximate surface area is 132 Å². The zero-order chi connectivity index (χ0) is 16.2. The Morgan fingerprint density at radius 2 is 1.91 bits per heavy atom. The molecule has 0 radical (unpaired) electrons. The van der Waals surface area contributed by atoms with Crippen molar-refractivity contribution < 1.29 is 14.3 Å². The molecule has 0 spiro atoms. The highest BCUT2D eigenvalue weighted by Gasteiger charge is 2.06. The van der Waals surface area contributed by atoms with Crippen LogP contribution in [0.3, 0.4) is 0 Å². The molecule has 0 fully saturated rings. The van der Waals surface area contributed by atoms with Crippen molar-refractivity contribution in [2.24, 2.45) is 0 Å². The van der Waals surface area contributed by atoms with E-state index in [9.17, 15) is 9.59 Å². The van der Waals surface area contributed by atoms with Crippen LogP contribution in [0, 0.1) is 0 Å². The van der Waals surface area contributed by atoms with Crippen molar-refractivity contribution >= 4 is 11.8 Å². The largest absolute Gasteiger partial charge is 0.463 e. The summed E-state index contributed by atoms with van der Waals surface area (Å²) in [6, 6.07) is 10.2. The van der Waals surface area contributed by atoms with Crippen molar-refractivity contribution in [3.63, 3.8) is 0 Å². The zero-order valence-corrected chi connectivity index (χ0v) is 13.5. The highest BCUT2D eigenvalue weighted by molar-refractivity contribution is 5.81. The number of ether oxygens (including phenoxy) is 1. The SMILES string of the molecule is CCOC(=O)/C=C/CCN(CCC(C)=O)Cc1ccccc1. The summed E-state index contributed by atoms with van der Waals surface area (Å²) in [7, 11) is 0. The second-order valence-electron chi connectivity index (χ2n) is 5.16. The molecule has 0 bridgehead atoms. The van der Waals surface area contributed by atoms with Gasteiger partial charge < -0.3 is 4.74 Å². The molecular weight excluding hydrogens is 278 g/mol. The summed E-state index contributed by atoms with van der Waals surface area (Å²) in [6.07, 6.45) is 4.59. The predicted octanol–water partition coefficient (Wildman–Crippen LogP) is 2.98. The average Bonchev–Trinajstić information content (AvgIpc) is 2.50. The molecule has 1 aromatic rings. The van der Waals surface area contributed by atoms with Gasteiger partial charge in [-0.2, -0.15) is 0 Å². The van der Waals surface area contributed by atoms with Gasteiger partial charge in [-0.25, -0.2) is 4.79 Å². The third kappa shape index (κ3) is 8.37. The standard InChI is InChI=1S/C18H25NO3/c1-3-22-18(21)11-7-8-13-19(14-12-16(2)20)15-17-9-5-4-6-10-17/h4-7,9-11H,3,8,12-15H2,1-2H3/b11-7+. The number of nitrogens with zero attached hydrogens (tertiary/aromatic N) is 1. The summed E-state index contributed by atoms with van der Waals surface area (Å²) in [6.45, 7) is 6.13. The molecule has 0 N–H and O–H groups in total. The van der Waals surface area contributed by atoms with Gasteiger partial charge in [-0.05, 0) is 25.8 Å². The fourth-order valence-electron chi connectivity index (χ4n) is 2.05. The van der Waals surface area contributed by atoms with Crippen LogP contribution in [0.15, 0.2) is 42.5 Å². The summed E-state index contributed by atoms with van der Waals surface area (Å²) in [5.41, 5.74) is 1.22. The van der Waals surface area contributed by atoms with Crippen LogP contribution in [0.5, 0.6) is 0 Å². The first kappa shape index (κ1) is 18.1. The first-order valence-corrected chi connectivity index (χ1v) is 7.70. The number of benzene rings is 1. The minimum Gasteiger partial charge on any atom is -0.463 e. The fourth-order valence-corrected chi connectivity index (χ4v) is 2.05. The molecule has 1 aromatic carbocycles. The summed E-state index contributed by atoms with van der Waals surface area (Å²) >= 11 is 0. The molecule has 0 unspecified atom stereocenters. The Balaban J connectivity index is 2.47. The topological polar surface area (TPSA) is 46.6 Å². The molecule has 4 nitrogen and oxygen atoms in total. The van der Waals surface area contributed by atoms with E-state index in [1.165, 1.54) is 11.6 Å². The molecule has 22 heavy (non-hydrogen) atoms. The first-order chi connectivity index (χ1) is 10.6. The maximum absolute atomic E-state index is 11.2. The van der Waals surface area contributed by atoms with Gasteiger partial charge in [0.05, 0.1) is 6.61 Å². The van der Waals surface area contributed by atoms with Crippen molar-refractivity contribution in [3.05, 3.63) is 48.0 Å². The van der Waals surface area contributed by atoms with Crippen LogP contribution in [0.2, 0.25) is 0 Å². The third-order valence-electron chi connectivity index (χ3n) is 3.18. The molecule has 0 amide bonds. The van der Waals surface area contributed by atoms with E-state index in [1.54, 1.807) is 13.8 Å². The lowest BCUT2D eigenvalue weighted by atomic mass is 10.2. The highest BCUT2D eigenvalue weighted by atomic mass is 16.5. The molecule has 0 atom stereocenters. The molecule has 0 aromatic heterocycles. The maximum atomic E-state index is 11.2. The van der Waals surface area contributed by atoms with E-state index < -0.39 is 0 Å². The normalized spacial score (nSPS) is 11.0. The minimum absolute atomic E-state index is 0.195. The smallest absolute Gasteiger partial charge is 0.330 e. The zero-order valence-electron chi connectivity index (χ0n) is 13.5. The fraction of sp³-hybridized carbons (Fsp3) is 0.444. The average molecular weight is 303 g/mol. The molecule has 4 heteroatoms. The Morgan fingerprint density at radius 3 is 2.55 bits per heavy atom. The molecule has 0 aliphatic heterocycles. The lowest BCUT2D eigenvalue weighted by Gasteiger charge is -2.21. The molecule has 120 valence electrons. The van der Waals surface area contributed by atoms with Crippen molar-refractivity contribution in [1.82, 2.24) is 4.90 Å². The number of ketones is 1. The van der Waals surface area contributed by atoms with Gasteiger partial charge in [0.15, 0.2) is 0 Å². The van der Waals surface area contributed by atoms with E-state index in [2.05, 4.69) is 17.0 Å². The third-order valence-corrected chi connectivity index (χ3v) is 3.18. The predicted molar refractivity (Wildman–Crippen MR) is 87.4 cm³/mol. The lowest BCUT2D eigenvalue weighted by Crippen LogP contribution is -2.26. The molecule has 1 rings (SSSR count). The first-order valence-electron chi connectivity index (χ1n) is 7.70. The van der Waals surface area contributed by atoms with Crippen molar-refractivity contribution in [2.75, 3.05) is 19.7 Å². The van der Waals surface area contributed by atoms with Crippen LogP contribution in [0.4, 0.5) is 0 Å². The Bertz CT molecular complexity index is 482. The molecule has 0 saturated carbocycles. The van der Waals surface area contributed by atoms with Crippen LogP contribution >= 0.6 is 0 Å². The molecular formula is C18H25NO3. The number of carbonyl (C=O) groups excluding carboxylic acids is 2. The van der Waals surface area contributed by atoms with Crippen LogP contribution in [-0.4, -0.2) is 36.3 Å². The van der Waals surface area contributed by atoms with E-state index >= 15 is 0 Å². The number of hydrogen-bond acceptors (Lipinski definition) is 4. The lowest BCUT2D eigenvalue weighted by molar-refractivity contribution is -0.137. The van der Waals surface area contributed by atoms with Gasteiger partial charge in [0.25, 0.3) is 0 Å². The van der Waals surface area contributed by atoms with Gasteiger partial charge in [-0.15, -0.1) is 0 Å². The van der Waals surface area contributed by atoms with E-state index in [-0.39, 0.29) is 11.8 Å². The summed E-state index contributed by atoms with van der Waals surface area (Å²) in [5, 5.41) is 0. The molecule has 0 aliphatic carbocycles. The molecule has 0 saturated heterocycles. The van der Waals surface area contributed by atoms with Gasteiger partial charge in [-0.1, -0.05) is 36.4 Å². The van der Waals surface area contributed by atoms with Crippen LogP contribution < -0.4 is 0 Å². The van der Waals surface area contributed by atoms with E-state index in [0.29, 0.717) is 13.0 Å². The Morgan fingerprint density at radius 1 is 1.18 bits per heavy atom. The second-order valence-corrected chi connectivity index (χ2v) is 5.16. The van der Waals surface area contributed by atoms with Gasteiger partial charge >= 0.3 is 5.97 Å². The van der Waals surface area contributed by atoms with Gasteiger partial charge in [0.2, 0.25) is 0 Å². The minimum atomic E-state index is -0.305. The summed E-state index contributed by atoms with van der Waals surface area (Å²) < 4.78 is 4.84. The van der Waals surface area contributed by atoms with Crippen molar-refractivity contribution in [1.29, 1.82) is 0 Å². The van der Waals surface area contributed by atoms with E-state index in [0.717, 1.165) is 26.1 Å². The Kier molecular flexibility index (Phi) is 8.84. The molecule has 0 aliphatic rings. The second kappa shape index (κ2) is 10.7. The van der Waals surface area contributed by atoms with Crippen molar-refractivity contribution in [3.8, 4) is 0 Å². The van der Waals surface area contributed by atoms with Crippen molar-refractivity contribution in [2.45, 2.75) is 33.2 Å². The van der Waals surface area contributed by atoms with Gasteiger partial charge in [0, 0.05) is 32.1 Å². The Hall–Kier alpha value is -1.94. The summed E-state index contributed by atoms with van der Waals surface area (Å²) in [5.74, 6) is -0.110. The van der Waals surface area contributed by atoms with E-state index in [1.807, 2.05) is 24.3 Å². The highest BCUT2D eigenvalue weighted by Crippen LogP contribution is 2.06. The van der Waals surface area contributed by atoms with Gasteiger partial charge in [-0.3, -0.25) is 9.69 Å². The van der Waals surface area contributed by atoms with Gasteiger partial charge in [0.1, 0.15) is 5.78 Å². The monoisotopic (exact) mass is 303 g/mol. The number of esters is 1. The number of carbonyl (C=O) groups is 2. The van der Waals surface area contributed by atoms with Crippen LogP contribution in [0.1, 0.15) is 32.3 Å². The number of hydrogen-bond donors (Lipinski definition) is 0.